The van der Waals surface area contributed by atoms with Gasteiger partial charge in [-0.15, -0.1) is 0 Å². The molecule has 0 spiro atoms. The second-order valence-electron chi connectivity index (χ2n) is 6.09. The number of amides is 1. The molecule has 0 fully saturated rings. The Hall–Kier alpha value is -1.56. The fourth-order valence-corrected chi connectivity index (χ4v) is 1.96. The minimum absolute atomic E-state index is 0.0507. The van der Waals surface area contributed by atoms with Gasteiger partial charge in [0.15, 0.2) is 0 Å². The van der Waals surface area contributed by atoms with Gasteiger partial charge in [-0.25, -0.2) is 9.59 Å². The van der Waals surface area contributed by atoms with E-state index in [0.717, 1.165) is 19.3 Å². The summed E-state index contributed by atoms with van der Waals surface area (Å²) in [7, 11) is 0. The van der Waals surface area contributed by atoms with E-state index in [9.17, 15) is 9.59 Å². The molecule has 0 bridgehead atoms. The largest absolute Gasteiger partial charge is 0.480 e. The number of rotatable bonds is 6. The Balaban J connectivity index is 2.36. The van der Waals surface area contributed by atoms with E-state index in [0.29, 0.717) is 0 Å². The van der Waals surface area contributed by atoms with Crippen molar-refractivity contribution in [1.82, 2.24) is 5.32 Å². The quantitative estimate of drug-likeness (QED) is 0.736. The van der Waals surface area contributed by atoms with Crippen LogP contribution in [0.4, 0.5) is 4.79 Å². The lowest BCUT2D eigenvalue weighted by molar-refractivity contribution is -0.140. The zero-order chi connectivity index (χ0) is 15.9. The van der Waals surface area contributed by atoms with Crippen molar-refractivity contribution in [3.05, 3.63) is 12.2 Å². The molecule has 0 aromatic rings. The zero-order valence-corrected chi connectivity index (χ0v) is 12.9. The molecule has 1 aliphatic carbocycles. The normalized spacial score (nSPS) is 19.9. The van der Waals surface area contributed by atoms with Gasteiger partial charge in [0.05, 0.1) is 6.10 Å². The highest BCUT2D eigenvalue weighted by Gasteiger charge is 2.24. The second kappa shape index (κ2) is 8.02. The summed E-state index contributed by atoms with van der Waals surface area (Å²) in [5.41, 5.74) is -0.656. The Bertz CT molecular complexity index is 386. The van der Waals surface area contributed by atoms with E-state index in [-0.39, 0.29) is 19.1 Å². The Morgan fingerprint density at radius 2 is 2.14 bits per heavy atom. The predicted octanol–water partition coefficient (Wildman–Crippen LogP) is 2.48. The Morgan fingerprint density at radius 3 is 2.67 bits per heavy atom. The van der Waals surface area contributed by atoms with E-state index >= 15 is 0 Å². The summed E-state index contributed by atoms with van der Waals surface area (Å²) in [5, 5.41) is 11.5. The Labute approximate surface area is 125 Å². The van der Waals surface area contributed by atoms with Gasteiger partial charge in [-0.1, -0.05) is 12.2 Å². The number of carboxylic acids is 1. The number of allylic oxidation sites excluding steroid dienone is 1. The average Bonchev–Trinajstić information content (AvgIpc) is 2.36. The first-order valence-electron chi connectivity index (χ1n) is 7.28. The SMILES string of the molecule is CC(C)(C)OC(=O)N[C@H](CCOC1C=CCCC1)C(=O)O. The van der Waals surface area contributed by atoms with Gasteiger partial charge < -0.3 is 19.9 Å². The van der Waals surface area contributed by atoms with Gasteiger partial charge in [0.2, 0.25) is 0 Å². The fraction of sp³-hybridized carbons (Fsp3) is 0.733. The maximum Gasteiger partial charge on any atom is 0.408 e. The standard InChI is InChI=1S/C15H25NO5/c1-15(2,3)21-14(19)16-12(13(17)18)9-10-20-11-7-5-4-6-8-11/h5,7,11-12H,4,6,8-10H2,1-3H3,(H,16,19)(H,17,18)/t11?,12-/m1/s1. The molecule has 2 atom stereocenters. The molecule has 1 unspecified atom stereocenters. The number of carboxylic acid groups (broad SMARTS) is 1. The van der Waals surface area contributed by atoms with Gasteiger partial charge in [0.1, 0.15) is 11.6 Å². The number of aliphatic carboxylic acids is 1. The summed E-state index contributed by atoms with van der Waals surface area (Å²) in [6.07, 6.45) is 6.70. The first kappa shape index (κ1) is 17.5. The first-order chi connectivity index (χ1) is 9.78. The average molecular weight is 299 g/mol. The van der Waals surface area contributed by atoms with Gasteiger partial charge in [-0.05, 0) is 40.0 Å². The molecular formula is C15H25NO5. The number of hydrogen-bond donors (Lipinski definition) is 2. The van der Waals surface area contributed by atoms with Crippen LogP contribution in [-0.2, 0) is 14.3 Å². The van der Waals surface area contributed by atoms with Crippen molar-refractivity contribution in [2.24, 2.45) is 0 Å². The maximum atomic E-state index is 11.6. The number of carbonyl (C=O) groups excluding carboxylic acids is 1. The van der Waals surface area contributed by atoms with E-state index in [1.165, 1.54) is 0 Å². The fourth-order valence-electron chi connectivity index (χ4n) is 1.96. The van der Waals surface area contributed by atoms with Crippen molar-refractivity contribution in [1.29, 1.82) is 0 Å². The molecule has 0 aromatic carbocycles. The minimum atomic E-state index is -1.09. The van der Waals surface area contributed by atoms with Gasteiger partial charge >= 0.3 is 12.1 Å². The molecule has 1 rings (SSSR count). The van der Waals surface area contributed by atoms with Crippen molar-refractivity contribution in [2.45, 2.75) is 64.2 Å². The number of ether oxygens (including phenoxy) is 2. The molecule has 21 heavy (non-hydrogen) atoms. The van der Waals surface area contributed by atoms with E-state index < -0.39 is 23.7 Å². The summed E-state index contributed by atoms with van der Waals surface area (Å²) < 4.78 is 10.7. The van der Waals surface area contributed by atoms with Crippen molar-refractivity contribution < 1.29 is 24.2 Å². The van der Waals surface area contributed by atoms with Crippen molar-refractivity contribution in [3.63, 3.8) is 0 Å². The lowest BCUT2D eigenvalue weighted by Crippen LogP contribution is -2.44. The number of nitrogens with one attached hydrogen (secondary N) is 1. The van der Waals surface area contributed by atoms with Crippen LogP contribution in [0.3, 0.4) is 0 Å². The van der Waals surface area contributed by atoms with Gasteiger partial charge in [-0.3, -0.25) is 0 Å². The minimum Gasteiger partial charge on any atom is -0.480 e. The van der Waals surface area contributed by atoms with E-state index in [2.05, 4.69) is 11.4 Å². The summed E-state index contributed by atoms with van der Waals surface area (Å²) in [4.78, 5) is 22.7. The lowest BCUT2D eigenvalue weighted by atomic mass is 10.1. The Kier molecular flexibility index (Phi) is 6.68. The molecule has 6 heteroatoms. The molecule has 0 radical (unpaired) electrons. The molecule has 1 aliphatic rings. The molecule has 120 valence electrons. The van der Waals surface area contributed by atoms with Crippen LogP contribution in [0.2, 0.25) is 0 Å². The van der Waals surface area contributed by atoms with Crippen LogP contribution < -0.4 is 5.32 Å². The van der Waals surface area contributed by atoms with Crippen LogP contribution in [0.5, 0.6) is 0 Å². The van der Waals surface area contributed by atoms with Crippen LogP contribution in [-0.4, -0.2) is 41.5 Å². The second-order valence-corrected chi connectivity index (χ2v) is 6.09. The van der Waals surface area contributed by atoms with E-state index in [4.69, 9.17) is 14.6 Å². The molecule has 0 heterocycles. The molecule has 6 nitrogen and oxygen atoms in total. The van der Waals surface area contributed by atoms with Crippen molar-refractivity contribution in [3.8, 4) is 0 Å². The molecule has 0 aliphatic heterocycles. The van der Waals surface area contributed by atoms with Crippen molar-refractivity contribution >= 4 is 12.1 Å². The van der Waals surface area contributed by atoms with Crippen molar-refractivity contribution in [2.75, 3.05) is 6.61 Å². The van der Waals surface area contributed by atoms with Crippen LogP contribution >= 0.6 is 0 Å². The summed E-state index contributed by atoms with van der Waals surface area (Å²) >= 11 is 0. The molecule has 0 saturated heterocycles. The summed E-state index contributed by atoms with van der Waals surface area (Å²) in [6, 6.07) is -1.01. The highest BCUT2D eigenvalue weighted by Crippen LogP contribution is 2.14. The third-order valence-electron chi connectivity index (χ3n) is 2.94. The monoisotopic (exact) mass is 299 g/mol. The number of hydrogen-bond acceptors (Lipinski definition) is 4. The van der Waals surface area contributed by atoms with E-state index in [1.807, 2.05) is 6.08 Å². The highest BCUT2D eigenvalue weighted by molar-refractivity contribution is 5.79. The maximum absolute atomic E-state index is 11.6. The molecule has 2 N–H and O–H groups in total. The van der Waals surface area contributed by atoms with Crippen LogP contribution in [0, 0.1) is 0 Å². The van der Waals surface area contributed by atoms with E-state index in [1.54, 1.807) is 20.8 Å². The van der Waals surface area contributed by atoms with Gasteiger partial charge in [-0.2, -0.15) is 0 Å². The number of carbonyl (C=O) groups is 2. The molecule has 0 saturated carbocycles. The van der Waals surface area contributed by atoms with Crippen LogP contribution in [0.15, 0.2) is 12.2 Å². The lowest BCUT2D eigenvalue weighted by Gasteiger charge is -2.22. The van der Waals surface area contributed by atoms with Crippen LogP contribution in [0.1, 0.15) is 46.5 Å². The van der Waals surface area contributed by atoms with Crippen LogP contribution in [0.25, 0.3) is 0 Å². The highest BCUT2D eigenvalue weighted by atomic mass is 16.6. The molecule has 1 amide bonds. The summed E-state index contributed by atoms with van der Waals surface area (Å²) in [6.45, 7) is 5.45. The van der Waals surface area contributed by atoms with Gasteiger partial charge in [0.25, 0.3) is 0 Å². The van der Waals surface area contributed by atoms with Gasteiger partial charge in [0, 0.05) is 13.0 Å². The third-order valence-corrected chi connectivity index (χ3v) is 2.94. The smallest absolute Gasteiger partial charge is 0.408 e. The zero-order valence-electron chi connectivity index (χ0n) is 12.9. The molecular weight excluding hydrogens is 274 g/mol. The third kappa shape index (κ3) is 7.70. The summed E-state index contributed by atoms with van der Waals surface area (Å²) in [5.74, 6) is -1.09. The predicted molar refractivity (Wildman–Crippen MR) is 78.1 cm³/mol. The molecule has 0 aromatic heterocycles. The topological polar surface area (TPSA) is 84.9 Å². The Morgan fingerprint density at radius 1 is 1.43 bits per heavy atom. The first-order valence-corrected chi connectivity index (χ1v) is 7.28. The number of alkyl carbamates (subject to hydrolysis) is 1.